The maximum atomic E-state index is 10.9. The Kier molecular flexibility index (Phi) is 13.5. The first kappa shape index (κ1) is 25.7. The van der Waals surface area contributed by atoms with E-state index in [1.165, 1.54) is 0 Å². The van der Waals surface area contributed by atoms with Crippen LogP contribution in [0.4, 0.5) is 5.69 Å². The van der Waals surface area contributed by atoms with Gasteiger partial charge in [-0.2, -0.15) is 0 Å². The number of para-hydroxylation sites is 1. The molecule has 2 heterocycles. The summed E-state index contributed by atoms with van der Waals surface area (Å²) >= 11 is 1.72. The number of amides is 1. The van der Waals surface area contributed by atoms with Crippen molar-refractivity contribution in [3.63, 3.8) is 0 Å². The van der Waals surface area contributed by atoms with Crippen molar-refractivity contribution in [2.24, 2.45) is 5.92 Å². The number of aliphatic hydroxyl groups excluding tert-OH is 1. The Hall–Kier alpha value is -2.32. The van der Waals surface area contributed by atoms with Gasteiger partial charge in [0.05, 0.1) is 12.0 Å². The summed E-state index contributed by atoms with van der Waals surface area (Å²) < 4.78 is 0. The van der Waals surface area contributed by atoms with Gasteiger partial charge in [-0.3, -0.25) is 4.79 Å². The molecule has 2 aliphatic rings. The van der Waals surface area contributed by atoms with Crippen molar-refractivity contribution in [3.8, 4) is 0 Å². The number of aliphatic hydroxyl groups is 1. The zero-order chi connectivity index (χ0) is 21.5. The lowest BCUT2D eigenvalue weighted by molar-refractivity contribution is -0.122. The van der Waals surface area contributed by atoms with Crippen molar-refractivity contribution in [2.45, 2.75) is 38.1 Å². The molecule has 0 radical (unpaired) electrons. The zero-order valence-corrected chi connectivity index (χ0v) is 17.5. The van der Waals surface area contributed by atoms with Crippen molar-refractivity contribution in [1.29, 1.82) is 10.8 Å². The van der Waals surface area contributed by atoms with Crippen LogP contribution in [-0.4, -0.2) is 54.4 Å². The van der Waals surface area contributed by atoms with E-state index in [1.807, 2.05) is 41.5 Å². The molecule has 1 amide bonds. The quantitative estimate of drug-likeness (QED) is 0.299. The van der Waals surface area contributed by atoms with Crippen molar-refractivity contribution in [1.82, 2.24) is 10.2 Å². The van der Waals surface area contributed by atoms with Crippen LogP contribution in [0.25, 0.3) is 0 Å². The Morgan fingerprint density at radius 3 is 2.43 bits per heavy atom. The fraction of sp³-hybridized carbons (Fsp3) is 0.450. The number of benzene rings is 1. The molecule has 0 bridgehead atoms. The number of anilines is 1. The van der Waals surface area contributed by atoms with Gasteiger partial charge in [0.15, 0.2) is 0 Å². The van der Waals surface area contributed by atoms with Gasteiger partial charge in [0, 0.05) is 29.9 Å². The Labute approximate surface area is 172 Å². The minimum atomic E-state index is 0.0734. The molecule has 1 saturated heterocycles. The summed E-state index contributed by atoms with van der Waals surface area (Å²) in [7, 11) is 0. The van der Waals surface area contributed by atoms with Crippen LogP contribution in [0.5, 0.6) is 0 Å². The number of carbonyl (C=O) groups excluding carboxylic acids is 1. The van der Waals surface area contributed by atoms with Crippen LogP contribution in [0.15, 0.2) is 35.4 Å². The Bertz CT molecular complexity index is 591. The van der Waals surface area contributed by atoms with Crippen molar-refractivity contribution < 1.29 is 9.90 Å². The molecule has 0 spiro atoms. The lowest BCUT2D eigenvalue weighted by Crippen LogP contribution is -2.46. The van der Waals surface area contributed by atoms with Gasteiger partial charge in [-0.1, -0.05) is 18.2 Å². The van der Waals surface area contributed by atoms with Crippen molar-refractivity contribution in [2.75, 3.05) is 18.9 Å². The lowest BCUT2D eigenvalue weighted by Gasteiger charge is -2.37. The lowest BCUT2D eigenvalue weighted by atomic mass is 9.93. The number of carbonyl (C=O) groups is 1. The van der Waals surface area contributed by atoms with E-state index >= 15 is 0 Å². The molecule has 1 aromatic rings. The molecule has 0 aromatic heterocycles. The third kappa shape index (κ3) is 8.14. The molecule has 28 heavy (non-hydrogen) atoms. The number of hydrogen-bond donors (Lipinski definition) is 5. The molecule has 1 fully saturated rings. The smallest absolute Gasteiger partial charge is 0.209 e. The average Bonchev–Trinajstić information content (AvgIpc) is 3.23. The number of nitrogens with two attached hydrogens (primary N) is 1. The van der Waals surface area contributed by atoms with Crippen LogP contribution >= 0.6 is 11.8 Å². The van der Waals surface area contributed by atoms with Crippen LogP contribution in [0, 0.1) is 23.7 Å². The maximum Gasteiger partial charge on any atom is 0.209 e. The third-order valence-corrected chi connectivity index (χ3v) is 5.79. The van der Waals surface area contributed by atoms with Gasteiger partial charge in [0.1, 0.15) is 0 Å². The Morgan fingerprint density at radius 1 is 1.32 bits per heavy atom. The number of likely N-dealkylation sites (tertiary alicyclic amines) is 1. The average molecular weight is 408 g/mol. The van der Waals surface area contributed by atoms with Gasteiger partial charge in [-0.05, 0) is 57.2 Å². The monoisotopic (exact) mass is 407 g/mol. The molecule has 8 heteroatoms. The summed E-state index contributed by atoms with van der Waals surface area (Å²) in [6.45, 7) is 9.98. The van der Waals surface area contributed by atoms with Crippen LogP contribution in [0.2, 0.25) is 0 Å². The summed E-state index contributed by atoms with van der Waals surface area (Å²) in [5.41, 5.74) is 8.43. The highest BCUT2D eigenvalue weighted by molar-refractivity contribution is 8.03. The van der Waals surface area contributed by atoms with E-state index in [2.05, 4.69) is 25.7 Å². The highest BCUT2D eigenvalue weighted by atomic mass is 32.2. The van der Waals surface area contributed by atoms with Gasteiger partial charge in [-0.15, -0.1) is 11.8 Å². The van der Waals surface area contributed by atoms with Crippen LogP contribution in [-0.2, 0) is 4.79 Å². The second kappa shape index (κ2) is 14.7. The highest BCUT2D eigenvalue weighted by Gasteiger charge is 2.32. The van der Waals surface area contributed by atoms with E-state index in [0.717, 1.165) is 42.7 Å². The van der Waals surface area contributed by atoms with E-state index in [-0.39, 0.29) is 6.61 Å². The zero-order valence-electron chi connectivity index (χ0n) is 16.7. The standard InChI is InChI=1S/C11H18N2O2S.C7H9N.2CH3N/c1-8-2-3-9(4-13(8)7-15)11-12-10(5-14)6-16-11;1-6-4-2-3-5-7(6)8;2*1-2/h6-9,11-12,14H,2-5H2,1H3;2-5H,8H2,1H3;2*2H,1H2/t8-,9?,11?;;;/m1.../s1. The second-order valence-electron chi connectivity index (χ2n) is 6.35. The fourth-order valence-electron chi connectivity index (χ4n) is 2.86. The summed E-state index contributed by atoms with van der Waals surface area (Å²) in [6, 6.07) is 8.17. The molecular formula is C20H33N5O2S. The molecule has 2 unspecified atom stereocenters. The topological polar surface area (TPSA) is 126 Å². The van der Waals surface area contributed by atoms with Gasteiger partial charge >= 0.3 is 0 Å². The summed E-state index contributed by atoms with van der Waals surface area (Å²) in [5, 5.41) is 25.6. The van der Waals surface area contributed by atoms with E-state index < -0.39 is 0 Å². The van der Waals surface area contributed by atoms with Gasteiger partial charge < -0.3 is 31.9 Å². The number of rotatable bonds is 3. The van der Waals surface area contributed by atoms with E-state index in [9.17, 15) is 4.79 Å². The molecule has 7 nitrogen and oxygen atoms in total. The Morgan fingerprint density at radius 2 is 1.96 bits per heavy atom. The first-order valence-electron chi connectivity index (χ1n) is 9.00. The minimum Gasteiger partial charge on any atom is -0.399 e. The first-order chi connectivity index (χ1) is 13.5. The molecular weight excluding hydrogens is 374 g/mol. The SMILES string of the molecule is C=N.C=N.C[C@@H]1CCC(C2NC(CO)=CS2)CN1C=O.Cc1ccccc1N. The number of nitrogens with one attached hydrogen (secondary N) is 3. The van der Waals surface area contributed by atoms with Crippen LogP contribution < -0.4 is 11.1 Å². The molecule has 3 rings (SSSR count). The number of piperidine rings is 1. The summed E-state index contributed by atoms with van der Waals surface area (Å²) in [5.74, 6) is 0.478. The first-order valence-corrected chi connectivity index (χ1v) is 9.94. The van der Waals surface area contributed by atoms with Crippen LogP contribution in [0.3, 0.4) is 0 Å². The minimum absolute atomic E-state index is 0.0734. The van der Waals surface area contributed by atoms with Crippen molar-refractivity contribution in [3.05, 3.63) is 40.9 Å². The third-order valence-electron chi connectivity index (χ3n) is 4.57. The molecule has 3 atom stereocenters. The predicted molar refractivity (Wildman–Crippen MR) is 120 cm³/mol. The number of nitrogens with zero attached hydrogens (tertiary/aromatic N) is 1. The molecule has 2 aliphatic heterocycles. The molecule has 156 valence electrons. The summed E-state index contributed by atoms with van der Waals surface area (Å²) in [6.07, 6.45) is 3.16. The second-order valence-corrected chi connectivity index (χ2v) is 7.36. The molecule has 0 saturated carbocycles. The van der Waals surface area contributed by atoms with E-state index in [0.29, 0.717) is 17.3 Å². The largest absolute Gasteiger partial charge is 0.399 e. The number of aryl methyl sites for hydroxylation is 1. The molecule has 0 aliphatic carbocycles. The number of nitrogen functional groups attached to an aromatic ring is 1. The highest BCUT2D eigenvalue weighted by Crippen LogP contribution is 2.32. The van der Waals surface area contributed by atoms with Crippen molar-refractivity contribution >= 4 is 37.3 Å². The van der Waals surface area contributed by atoms with Crippen LogP contribution in [0.1, 0.15) is 25.3 Å². The van der Waals surface area contributed by atoms with Gasteiger partial charge in [0.2, 0.25) is 6.41 Å². The van der Waals surface area contributed by atoms with Gasteiger partial charge in [0.25, 0.3) is 0 Å². The normalized spacial score (nSPS) is 22.6. The Balaban J connectivity index is 0.000000511. The fourth-order valence-corrected chi connectivity index (χ4v) is 3.98. The molecule has 6 N–H and O–H groups in total. The van der Waals surface area contributed by atoms with E-state index in [1.54, 1.807) is 11.8 Å². The number of hydrogen-bond acceptors (Lipinski definition) is 7. The molecule has 1 aromatic carbocycles. The van der Waals surface area contributed by atoms with Gasteiger partial charge in [-0.25, -0.2) is 0 Å². The summed E-state index contributed by atoms with van der Waals surface area (Å²) in [4.78, 5) is 12.8. The maximum absolute atomic E-state index is 10.9. The van der Waals surface area contributed by atoms with E-state index in [4.69, 9.17) is 21.7 Å². The number of thioether (sulfide) groups is 1. The predicted octanol–water partition coefficient (Wildman–Crippen LogP) is 2.85.